The Hall–Kier alpha value is -2.35. The first-order valence-electron chi connectivity index (χ1n) is 7.90. The van der Waals surface area contributed by atoms with Gasteiger partial charge < -0.3 is 9.64 Å². The summed E-state index contributed by atoms with van der Waals surface area (Å²) in [4.78, 5) is 22.2. The standard InChI is InChI=1S/C17H15ClF3N3O2/c1-2-13(10-3-4-14(23-7-10)26-9-17(19,20)21)24-8-12-11(16(24)25)5-6-22-15(12)18/h3-7,13H,2,8-9H2,1H3. The molecule has 5 nitrogen and oxygen atoms in total. The average Bonchev–Trinajstić information content (AvgIpc) is 2.93. The minimum absolute atomic E-state index is 0.121. The van der Waals surface area contributed by atoms with Crippen molar-refractivity contribution in [3.8, 4) is 5.88 Å². The molecule has 1 atom stereocenters. The lowest BCUT2D eigenvalue weighted by molar-refractivity contribution is -0.154. The van der Waals surface area contributed by atoms with E-state index in [1.807, 2.05) is 6.92 Å². The van der Waals surface area contributed by atoms with Gasteiger partial charge in [-0.3, -0.25) is 4.79 Å². The second-order valence-electron chi connectivity index (χ2n) is 5.82. The first-order chi connectivity index (χ1) is 12.3. The number of carbonyl (C=O) groups is 1. The summed E-state index contributed by atoms with van der Waals surface area (Å²) in [6.07, 6.45) is -0.906. The van der Waals surface area contributed by atoms with Gasteiger partial charge >= 0.3 is 6.18 Å². The van der Waals surface area contributed by atoms with Crippen molar-refractivity contribution in [3.05, 3.63) is 52.4 Å². The topological polar surface area (TPSA) is 55.3 Å². The first kappa shape index (κ1) is 18.4. The van der Waals surface area contributed by atoms with Crippen molar-refractivity contribution >= 4 is 17.5 Å². The molecule has 1 amide bonds. The monoisotopic (exact) mass is 385 g/mol. The molecule has 2 aromatic rings. The van der Waals surface area contributed by atoms with E-state index in [0.717, 1.165) is 0 Å². The van der Waals surface area contributed by atoms with Gasteiger partial charge in [0.15, 0.2) is 6.61 Å². The molecule has 0 spiro atoms. The van der Waals surface area contributed by atoms with Crippen molar-refractivity contribution < 1.29 is 22.7 Å². The third kappa shape index (κ3) is 3.75. The van der Waals surface area contributed by atoms with Gasteiger partial charge in [-0.1, -0.05) is 24.6 Å². The number of nitrogens with zero attached hydrogens (tertiary/aromatic N) is 3. The van der Waals surface area contributed by atoms with Crippen LogP contribution in [0.5, 0.6) is 5.88 Å². The summed E-state index contributed by atoms with van der Waals surface area (Å²) in [7, 11) is 0. The van der Waals surface area contributed by atoms with Gasteiger partial charge in [-0.25, -0.2) is 9.97 Å². The van der Waals surface area contributed by atoms with Crippen LogP contribution in [0.4, 0.5) is 13.2 Å². The normalized spacial score (nSPS) is 15.1. The summed E-state index contributed by atoms with van der Waals surface area (Å²) in [6.45, 7) is 0.836. The average molecular weight is 386 g/mol. The number of halogens is 4. The second-order valence-corrected chi connectivity index (χ2v) is 6.18. The fourth-order valence-electron chi connectivity index (χ4n) is 2.93. The number of ether oxygens (including phenoxy) is 1. The van der Waals surface area contributed by atoms with E-state index in [4.69, 9.17) is 11.6 Å². The number of carbonyl (C=O) groups excluding carboxylic acids is 1. The molecule has 1 aliphatic heterocycles. The molecular formula is C17H15ClF3N3O2. The molecule has 0 N–H and O–H groups in total. The van der Waals surface area contributed by atoms with Crippen LogP contribution in [-0.2, 0) is 6.54 Å². The third-order valence-electron chi connectivity index (χ3n) is 4.11. The van der Waals surface area contributed by atoms with Crippen molar-refractivity contribution in [2.24, 2.45) is 0 Å². The summed E-state index contributed by atoms with van der Waals surface area (Å²) in [5.41, 5.74) is 1.90. The minimum Gasteiger partial charge on any atom is -0.468 e. The van der Waals surface area contributed by atoms with Crippen LogP contribution in [0.25, 0.3) is 0 Å². The largest absolute Gasteiger partial charge is 0.468 e. The van der Waals surface area contributed by atoms with Gasteiger partial charge in [0.2, 0.25) is 5.88 Å². The van der Waals surface area contributed by atoms with Crippen molar-refractivity contribution in [2.45, 2.75) is 32.1 Å². The molecule has 3 heterocycles. The van der Waals surface area contributed by atoms with E-state index in [1.165, 1.54) is 18.5 Å². The number of hydrogen-bond donors (Lipinski definition) is 0. The highest BCUT2D eigenvalue weighted by molar-refractivity contribution is 6.30. The highest BCUT2D eigenvalue weighted by Crippen LogP contribution is 2.35. The van der Waals surface area contributed by atoms with Crippen LogP contribution in [0.2, 0.25) is 5.15 Å². The number of amides is 1. The zero-order valence-corrected chi connectivity index (χ0v) is 14.5. The van der Waals surface area contributed by atoms with E-state index < -0.39 is 12.8 Å². The number of rotatable bonds is 5. The van der Waals surface area contributed by atoms with Gasteiger partial charge in [-0.2, -0.15) is 13.2 Å². The number of aromatic nitrogens is 2. The second kappa shape index (κ2) is 7.11. The SMILES string of the molecule is CCC(c1ccc(OCC(F)(F)F)nc1)N1Cc2c(ccnc2Cl)C1=O. The molecule has 0 bridgehead atoms. The Balaban J connectivity index is 1.78. The highest BCUT2D eigenvalue weighted by Gasteiger charge is 2.34. The summed E-state index contributed by atoms with van der Waals surface area (Å²) in [5, 5.41) is 0.294. The van der Waals surface area contributed by atoms with Crippen LogP contribution in [-0.4, -0.2) is 33.6 Å². The molecule has 1 unspecified atom stereocenters. The van der Waals surface area contributed by atoms with Gasteiger partial charge in [0.25, 0.3) is 5.91 Å². The Kier molecular flexibility index (Phi) is 5.04. The fourth-order valence-corrected chi connectivity index (χ4v) is 3.15. The van der Waals surface area contributed by atoms with E-state index in [1.54, 1.807) is 17.0 Å². The Labute approximate surface area is 152 Å². The van der Waals surface area contributed by atoms with Crippen LogP contribution >= 0.6 is 11.6 Å². The minimum atomic E-state index is -4.42. The molecule has 0 saturated heterocycles. The molecule has 0 aromatic carbocycles. The van der Waals surface area contributed by atoms with E-state index in [2.05, 4.69) is 14.7 Å². The zero-order chi connectivity index (χ0) is 18.9. The van der Waals surface area contributed by atoms with Crippen molar-refractivity contribution in [1.29, 1.82) is 0 Å². The summed E-state index contributed by atoms with van der Waals surface area (Å²) >= 11 is 6.08. The highest BCUT2D eigenvalue weighted by atomic mass is 35.5. The Morgan fingerprint density at radius 2 is 2.08 bits per heavy atom. The third-order valence-corrected chi connectivity index (χ3v) is 4.44. The van der Waals surface area contributed by atoms with Gasteiger partial charge in [0.05, 0.1) is 12.6 Å². The summed E-state index contributed by atoms with van der Waals surface area (Å²) < 4.78 is 41.2. The van der Waals surface area contributed by atoms with Crippen LogP contribution < -0.4 is 4.74 Å². The number of alkyl halides is 3. The number of pyridine rings is 2. The van der Waals surface area contributed by atoms with E-state index in [9.17, 15) is 18.0 Å². The molecule has 0 fully saturated rings. The van der Waals surface area contributed by atoms with Crippen LogP contribution in [0.3, 0.4) is 0 Å². The molecule has 0 saturated carbocycles. The van der Waals surface area contributed by atoms with Crippen molar-refractivity contribution in [1.82, 2.24) is 14.9 Å². The lowest BCUT2D eigenvalue weighted by Crippen LogP contribution is -2.29. The van der Waals surface area contributed by atoms with Crippen LogP contribution in [0, 0.1) is 0 Å². The molecule has 2 aromatic heterocycles. The Morgan fingerprint density at radius 3 is 2.65 bits per heavy atom. The van der Waals surface area contributed by atoms with Crippen molar-refractivity contribution in [2.75, 3.05) is 6.61 Å². The molecule has 138 valence electrons. The van der Waals surface area contributed by atoms with E-state index >= 15 is 0 Å². The molecule has 1 aliphatic rings. The Morgan fingerprint density at radius 1 is 1.31 bits per heavy atom. The molecule has 3 rings (SSSR count). The molecule has 9 heteroatoms. The quantitative estimate of drug-likeness (QED) is 0.724. The lowest BCUT2D eigenvalue weighted by atomic mass is 10.1. The van der Waals surface area contributed by atoms with E-state index in [-0.39, 0.29) is 17.8 Å². The predicted octanol–water partition coefficient (Wildman–Crippen LogP) is 4.18. The molecule has 0 radical (unpaired) electrons. The predicted molar refractivity (Wildman–Crippen MR) is 87.9 cm³/mol. The summed E-state index contributed by atoms with van der Waals surface area (Å²) in [5.74, 6) is -0.280. The van der Waals surface area contributed by atoms with Gasteiger partial charge in [-0.15, -0.1) is 0 Å². The molecule has 26 heavy (non-hydrogen) atoms. The maximum atomic E-state index is 12.7. The lowest BCUT2D eigenvalue weighted by Gasteiger charge is -2.27. The maximum Gasteiger partial charge on any atom is 0.422 e. The van der Waals surface area contributed by atoms with Gasteiger partial charge in [0, 0.05) is 29.6 Å². The zero-order valence-electron chi connectivity index (χ0n) is 13.8. The molecule has 0 aliphatic carbocycles. The van der Waals surface area contributed by atoms with Crippen LogP contribution in [0.1, 0.15) is 40.9 Å². The fraction of sp³-hybridized carbons (Fsp3) is 0.353. The summed E-state index contributed by atoms with van der Waals surface area (Å²) in [6, 6.07) is 4.33. The number of fused-ring (bicyclic) bond motifs is 1. The van der Waals surface area contributed by atoms with E-state index in [0.29, 0.717) is 34.8 Å². The maximum absolute atomic E-state index is 12.7. The Bertz CT molecular complexity index is 812. The number of hydrogen-bond acceptors (Lipinski definition) is 4. The van der Waals surface area contributed by atoms with Crippen molar-refractivity contribution in [3.63, 3.8) is 0 Å². The molecular weight excluding hydrogens is 371 g/mol. The van der Waals surface area contributed by atoms with Gasteiger partial charge in [-0.05, 0) is 18.1 Å². The van der Waals surface area contributed by atoms with Crippen LogP contribution in [0.15, 0.2) is 30.6 Å². The first-order valence-corrected chi connectivity index (χ1v) is 8.27. The smallest absolute Gasteiger partial charge is 0.422 e. The van der Waals surface area contributed by atoms with Gasteiger partial charge in [0.1, 0.15) is 5.15 Å².